The second-order valence-electron chi connectivity index (χ2n) is 6.15. The monoisotopic (exact) mass is 460 g/mol. The summed E-state index contributed by atoms with van der Waals surface area (Å²) in [5.41, 5.74) is 1.08. The molecule has 7 nitrogen and oxygen atoms in total. The molecule has 0 fully saturated rings. The zero-order valence-corrected chi connectivity index (χ0v) is 18.6. The van der Waals surface area contributed by atoms with Crippen molar-refractivity contribution in [1.82, 2.24) is 5.32 Å². The van der Waals surface area contributed by atoms with Gasteiger partial charge in [0.2, 0.25) is 15.9 Å². The Kier molecular flexibility index (Phi) is 8.01. The van der Waals surface area contributed by atoms with E-state index in [-0.39, 0.29) is 10.7 Å². The summed E-state index contributed by atoms with van der Waals surface area (Å²) in [5, 5.41) is 3.20. The minimum Gasteiger partial charge on any atom is -0.493 e. The molecule has 0 aliphatic rings. The standard InChI is InChI=1S/C19H22Cl2N2O5S/c1-27-17-7-4-13(10-18(17)28-2)8-9-22-19(24)12-23(29(3,25)26)16-11-14(20)5-6-15(16)21/h4-7,10-11H,8-9,12H2,1-3H3,(H,22,24). The van der Waals surface area contributed by atoms with Crippen LogP contribution >= 0.6 is 23.2 Å². The van der Waals surface area contributed by atoms with Crippen molar-refractivity contribution in [2.75, 3.05) is 37.9 Å². The zero-order valence-electron chi connectivity index (χ0n) is 16.2. The molecule has 0 spiro atoms. The molecule has 158 valence electrons. The van der Waals surface area contributed by atoms with Crippen LogP contribution in [-0.2, 0) is 21.2 Å². The van der Waals surface area contributed by atoms with Gasteiger partial charge in [0.05, 0.1) is 31.2 Å². The number of rotatable bonds is 9. The molecule has 2 aromatic rings. The highest BCUT2D eigenvalue weighted by Gasteiger charge is 2.23. The number of nitrogens with one attached hydrogen (secondary N) is 1. The summed E-state index contributed by atoms with van der Waals surface area (Å²) >= 11 is 12.0. The SMILES string of the molecule is COc1ccc(CCNC(=O)CN(c2cc(Cl)ccc2Cl)S(C)(=O)=O)cc1OC. The number of nitrogens with zero attached hydrogens (tertiary/aromatic N) is 1. The number of benzene rings is 2. The number of ether oxygens (including phenoxy) is 2. The summed E-state index contributed by atoms with van der Waals surface area (Å²) in [6, 6.07) is 9.88. The maximum absolute atomic E-state index is 12.3. The average Bonchev–Trinajstić information content (AvgIpc) is 2.67. The van der Waals surface area contributed by atoms with Crippen LogP contribution in [0, 0.1) is 0 Å². The first-order chi connectivity index (χ1) is 13.7. The van der Waals surface area contributed by atoms with Crippen LogP contribution in [0.2, 0.25) is 10.0 Å². The first kappa shape index (κ1) is 23.1. The number of halogens is 2. The number of hydrogen-bond acceptors (Lipinski definition) is 5. The molecule has 10 heteroatoms. The van der Waals surface area contributed by atoms with E-state index < -0.39 is 22.5 Å². The van der Waals surface area contributed by atoms with Gasteiger partial charge in [-0.1, -0.05) is 29.3 Å². The molecule has 0 aliphatic heterocycles. The fourth-order valence-electron chi connectivity index (χ4n) is 2.63. The van der Waals surface area contributed by atoms with Crippen LogP contribution < -0.4 is 19.1 Å². The number of carbonyl (C=O) groups excluding carboxylic acids is 1. The quantitative estimate of drug-likeness (QED) is 0.621. The van der Waals surface area contributed by atoms with Crippen molar-refractivity contribution >= 4 is 44.8 Å². The van der Waals surface area contributed by atoms with Gasteiger partial charge >= 0.3 is 0 Å². The molecule has 0 radical (unpaired) electrons. The molecule has 0 saturated carbocycles. The van der Waals surface area contributed by atoms with Crippen LogP contribution in [0.4, 0.5) is 5.69 Å². The highest BCUT2D eigenvalue weighted by atomic mass is 35.5. The summed E-state index contributed by atoms with van der Waals surface area (Å²) in [6.45, 7) is -0.0972. The van der Waals surface area contributed by atoms with Crippen LogP contribution in [0.5, 0.6) is 11.5 Å². The smallest absolute Gasteiger partial charge is 0.240 e. The van der Waals surface area contributed by atoms with Crippen LogP contribution in [0.25, 0.3) is 0 Å². The lowest BCUT2D eigenvalue weighted by Gasteiger charge is -2.23. The first-order valence-electron chi connectivity index (χ1n) is 8.56. The van der Waals surface area contributed by atoms with Crippen molar-refractivity contribution < 1.29 is 22.7 Å². The van der Waals surface area contributed by atoms with Crippen LogP contribution in [-0.4, -0.2) is 47.9 Å². The molecule has 0 aromatic heterocycles. The molecular formula is C19H22Cl2N2O5S. The average molecular weight is 461 g/mol. The maximum atomic E-state index is 12.3. The first-order valence-corrected chi connectivity index (χ1v) is 11.2. The minimum atomic E-state index is -3.75. The molecule has 2 rings (SSSR count). The molecule has 1 N–H and O–H groups in total. The molecule has 0 aliphatic carbocycles. The summed E-state index contributed by atoms with van der Waals surface area (Å²) in [5.74, 6) is 0.740. The number of hydrogen-bond donors (Lipinski definition) is 1. The second kappa shape index (κ2) is 10.0. The van der Waals surface area contributed by atoms with Gasteiger partial charge in [-0.05, 0) is 42.3 Å². The summed E-state index contributed by atoms with van der Waals surface area (Å²) < 4.78 is 35.7. The van der Waals surface area contributed by atoms with Crippen LogP contribution in [0.1, 0.15) is 5.56 Å². The van der Waals surface area contributed by atoms with Crippen molar-refractivity contribution in [3.05, 3.63) is 52.0 Å². The summed E-state index contributed by atoms with van der Waals surface area (Å²) in [7, 11) is -0.648. The van der Waals surface area contributed by atoms with Crippen LogP contribution in [0.15, 0.2) is 36.4 Å². The normalized spacial score (nSPS) is 11.1. The molecule has 0 unspecified atom stereocenters. The fraction of sp³-hybridized carbons (Fsp3) is 0.316. The van der Waals surface area contributed by atoms with Crippen molar-refractivity contribution in [1.29, 1.82) is 0 Å². The predicted molar refractivity (Wildman–Crippen MR) is 115 cm³/mol. The summed E-state index contributed by atoms with van der Waals surface area (Å²) in [4.78, 5) is 12.3. The highest BCUT2D eigenvalue weighted by molar-refractivity contribution is 7.92. The zero-order chi connectivity index (χ0) is 21.6. The molecule has 0 heterocycles. The van der Waals surface area contributed by atoms with E-state index in [2.05, 4.69) is 5.32 Å². The van der Waals surface area contributed by atoms with Gasteiger partial charge in [-0.2, -0.15) is 0 Å². The van der Waals surface area contributed by atoms with Gasteiger partial charge in [-0.3, -0.25) is 9.10 Å². The van der Waals surface area contributed by atoms with Gasteiger partial charge in [0.15, 0.2) is 11.5 Å². The molecule has 0 bridgehead atoms. The fourth-order valence-corrected chi connectivity index (χ4v) is 3.92. The van der Waals surface area contributed by atoms with Gasteiger partial charge in [-0.25, -0.2) is 8.42 Å². The number of methoxy groups -OCH3 is 2. The highest BCUT2D eigenvalue weighted by Crippen LogP contribution is 2.30. The lowest BCUT2D eigenvalue weighted by molar-refractivity contribution is -0.119. The summed E-state index contributed by atoms with van der Waals surface area (Å²) in [6.07, 6.45) is 1.53. The Bertz CT molecular complexity index is 983. The van der Waals surface area contributed by atoms with Crippen molar-refractivity contribution in [2.24, 2.45) is 0 Å². The van der Waals surface area contributed by atoms with E-state index in [1.807, 2.05) is 12.1 Å². The van der Waals surface area contributed by atoms with Gasteiger partial charge in [0, 0.05) is 11.6 Å². The largest absolute Gasteiger partial charge is 0.493 e. The van der Waals surface area contributed by atoms with E-state index in [1.54, 1.807) is 20.3 Å². The van der Waals surface area contributed by atoms with Gasteiger partial charge < -0.3 is 14.8 Å². The lowest BCUT2D eigenvalue weighted by atomic mass is 10.1. The molecule has 2 aromatic carbocycles. The van der Waals surface area contributed by atoms with Gasteiger partial charge in [0.1, 0.15) is 6.54 Å². The third-order valence-corrected chi connectivity index (χ3v) is 5.73. The topological polar surface area (TPSA) is 84.9 Å². The third-order valence-electron chi connectivity index (χ3n) is 4.05. The second-order valence-corrected chi connectivity index (χ2v) is 8.91. The Labute approximate surface area is 180 Å². The van der Waals surface area contributed by atoms with E-state index in [4.69, 9.17) is 32.7 Å². The Morgan fingerprint density at radius 2 is 1.76 bits per heavy atom. The van der Waals surface area contributed by atoms with E-state index in [0.717, 1.165) is 16.1 Å². The number of amides is 1. The van der Waals surface area contributed by atoms with Crippen molar-refractivity contribution in [3.63, 3.8) is 0 Å². The third kappa shape index (κ3) is 6.42. The predicted octanol–water partition coefficient (Wildman–Crippen LogP) is 3.14. The molecule has 0 atom stereocenters. The number of sulfonamides is 1. The van der Waals surface area contributed by atoms with Gasteiger partial charge in [-0.15, -0.1) is 0 Å². The lowest BCUT2D eigenvalue weighted by Crippen LogP contribution is -2.41. The Morgan fingerprint density at radius 3 is 2.38 bits per heavy atom. The number of carbonyl (C=O) groups is 1. The molecule has 1 amide bonds. The minimum absolute atomic E-state index is 0.150. The van der Waals surface area contributed by atoms with Gasteiger partial charge in [0.25, 0.3) is 0 Å². The van der Waals surface area contributed by atoms with E-state index in [0.29, 0.717) is 29.5 Å². The van der Waals surface area contributed by atoms with E-state index in [9.17, 15) is 13.2 Å². The molecular weight excluding hydrogens is 439 g/mol. The van der Waals surface area contributed by atoms with Crippen molar-refractivity contribution in [3.8, 4) is 11.5 Å². The molecule has 0 saturated heterocycles. The maximum Gasteiger partial charge on any atom is 0.240 e. The molecule has 29 heavy (non-hydrogen) atoms. The van der Waals surface area contributed by atoms with E-state index in [1.165, 1.54) is 18.2 Å². The van der Waals surface area contributed by atoms with E-state index >= 15 is 0 Å². The Balaban J connectivity index is 2.03. The Morgan fingerprint density at radius 1 is 1.07 bits per heavy atom. The van der Waals surface area contributed by atoms with Crippen molar-refractivity contribution in [2.45, 2.75) is 6.42 Å². The van der Waals surface area contributed by atoms with Crippen LogP contribution in [0.3, 0.4) is 0 Å². The Hall–Kier alpha value is -2.16. The number of anilines is 1.